The molecule has 0 spiro atoms. The second-order valence-corrected chi connectivity index (χ2v) is 6.77. The summed E-state index contributed by atoms with van der Waals surface area (Å²) in [5.41, 5.74) is 3.19. The molecule has 1 aliphatic heterocycles. The van der Waals surface area contributed by atoms with Crippen molar-refractivity contribution in [2.45, 2.75) is 0 Å². The molecule has 4 heterocycles. The van der Waals surface area contributed by atoms with Crippen LogP contribution in [-0.2, 0) is 4.74 Å². The third kappa shape index (κ3) is 2.18. The predicted octanol–water partition coefficient (Wildman–Crippen LogP) is 3.68. The Balaban J connectivity index is 1.73. The van der Waals surface area contributed by atoms with Crippen molar-refractivity contribution < 1.29 is 4.74 Å². The number of hydrogen-bond donors (Lipinski definition) is 1. The lowest BCUT2D eigenvalue weighted by atomic mass is 10.1. The average Bonchev–Trinajstić information content (AvgIpc) is 3.30. The zero-order valence-electron chi connectivity index (χ0n) is 13.0. The normalized spacial score (nSPS) is 15.4. The molecule has 0 unspecified atom stereocenters. The number of H-pyrrole nitrogens is 1. The average molecular weight is 336 g/mol. The minimum Gasteiger partial charge on any atom is -0.378 e. The number of nitrogens with one attached hydrogen (secondary N) is 1. The topological polar surface area (TPSA) is 54.0 Å². The fraction of sp³-hybridized carbons (Fsp3) is 0.222. The molecular weight excluding hydrogens is 320 g/mol. The van der Waals surface area contributed by atoms with Crippen LogP contribution in [0.3, 0.4) is 0 Å². The molecule has 1 aliphatic rings. The number of benzene rings is 1. The van der Waals surface area contributed by atoms with Crippen LogP contribution in [0.15, 0.2) is 41.9 Å². The molecule has 0 radical (unpaired) electrons. The second kappa shape index (κ2) is 5.58. The van der Waals surface area contributed by atoms with Crippen molar-refractivity contribution >= 4 is 38.3 Å². The molecule has 1 fully saturated rings. The monoisotopic (exact) mass is 336 g/mol. The van der Waals surface area contributed by atoms with Crippen molar-refractivity contribution in [3.63, 3.8) is 0 Å². The van der Waals surface area contributed by atoms with E-state index in [0.29, 0.717) is 0 Å². The van der Waals surface area contributed by atoms with Gasteiger partial charge in [-0.2, -0.15) is 0 Å². The Labute approximate surface area is 142 Å². The van der Waals surface area contributed by atoms with Crippen LogP contribution in [0, 0.1) is 0 Å². The standard InChI is InChI=1S/C18H16N4OS/c1-2-13(12-4-6-19-14(12)3-1)17-20-15-5-11-24-16(15)18(21-17)22-7-9-23-10-8-22/h1-6,11,19H,7-10H2. The van der Waals surface area contributed by atoms with E-state index in [4.69, 9.17) is 14.7 Å². The van der Waals surface area contributed by atoms with E-state index >= 15 is 0 Å². The van der Waals surface area contributed by atoms with Crippen molar-refractivity contribution in [2.24, 2.45) is 0 Å². The summed E-state index contributed by atoms with van der Waals surface area (Å²) < 4.78 is 6.65. The Hall–Kier alpha value is -2.44. The summed E-state index contributed by atoms with van der Waals surface area (Å²) in [7, 11) is 0. The lowest BCUT2D eigenvalue weighted by Crippen LogP contribution is -2.36. The largest absolute Gasteiger partial charge is 0.378 e. The van der Waals surface area contributed by atoms with Crippen molar-refractivity contribution in [3.05, 3.63) is 41.9 Å². The summed E-state index contributed by atoms with van der Waals surface area (Å²) in [6, 6.07) is 10.4. The Kier molecular flexibility index (Phi) is 3.24. The molecule has 1 saturated heterocycles. The van der Waals surface area contributed by atoms with E-state index in [1.54, 1.807) is 11.3 Å². The number of anilines is 1. The van der Waals surface area contributed by atoms with Gasteiger partial charge in [-0.3, -0.25) is 0 Å². The van der Waals surface area contributed by atoms with Gasteiger partial charge in [0.05, 0.1) is 23.4 Å². The first-order valence-electron chi connectivity index (χ1n) is 8.04. The van der Waals surface area contributed by atoms with E-state index in [1.165, 1.54) is 0 Å². The number of thiophene rings is 1. The summed E-state index contributed by atoms with van der Waals surface area (Å²) in [5, 5.41) is 3.24. The molecule has 0 saturated carbocycles. The SMILES string of the molecule is c1cc(-c2nc(N3CCOCC3)c3sccc3n2)c2cc[nH]c2c1. The van der Waals surface area contributed by atoms with Gasteiger partial charge in [0.2, 0.25) is 0 Å². The maximum atomic E-state index is 5.49. The number of nitrogens with zero attached hydrogens (tertiary/aromatic N) is 3. The first-order valence-corrected chi connectivity index (χ1v) is 8.92. The van der Waals surface area contributed by atoms with E-state index < -0.39 is 0 Å². The highest BCUT2D eigenvalue weighted by Crippen LogP contribution is 2.33. The summed E-state index contributed by atoms with van der Waals surface area (Å²) in [4.78, 5) is 15.3. The molecule has 1 aromatic carbocycles. The molecule has 0 aliphatic carbocycles. The molecule has 5 nitrogen and oxygen atoms in total. The van der Waals surface area contributed by atoms with Crippen LogP contribution in [0.4, 0.5) is 5.82 Å². The molecule has 5 rings (SSSR count). The van der Waals surface area contributed by atoms with Crippen LogP contribution in [0.25, 0.3) is 32.5 Å². The predicted molar refractivity (Wildman–Crippen MR) is 97.7 cm³/mol. The van der Waals surface area contributed by atoms with Gasteiger partial charge in [0.15, 0.2) is 11.6 Å². The lowest BCUT2D eigenvalue weighted by molar-refractivity contribution is 0.122. The van der Waals surface area contributed by atoms with Crippen LogP contribution in [0.1, 0.15) is 0 Å². The first-order chi connectivity index (χ1) is 11.9. The number of aromatic amines is 1. The van der Waals surface area contributed by atoms with Gasteiger partial charge >= 0.3 is 0 Å². The molecule has 0 amide bonds. The van der Waals surface area contributed by atoms with Gasteiger partial charge < -0.3 is 14.6 Å². The van der Waals surface area contributed by atoms with Gasteiger partial charge in [0.25, 0.3) is 0 Å². The van der Waals surface area contributed by atoms with Crippen molar-refractivity contribution in [3.8, 4) is 11.4 Å². The van der Waals surface area contributed by atoms with Crippen LogP contribution < -0.4 is 4.90 Å². The Morgan fingerprint density at radius 3 is 2.92 bits per heavy atom. The number of aromatic nitrogens is 3. The van der Waals surface area contributed by atoms with Gasteiger partial charge in [-0.1, -0.05) is 12.1 Å². The Morgan fingerprint density at radius 2 is 2.00 bits per heavy atom. The van der Waals surface area contributed by atoms with Gasteiger partial charge in [0, 0.05) is 35.8 Å². The molecule has 4 aromatic rings. The fourth-order valence-electron chi connectivity index (χ4n) is 3.24. The summed E-state index contributed by atoms with van der Waals surface area (Å²) in [6.45, 7) is 3.24. The number of fused-ring (bicyclic) bond motifs is 2. The molecular formula is C18H16N4OS. The summed E-state index contributed by atoms with van der Waals surface area (Å²) in [6.07, 6.45) is 1.96. The highest BCUT2D eigenvalue weighted by Gasteiger charge is 2.19. The quantitative estimate of drug-likeness (QED) is 0.607. The van der Waals surface area contributed by atoms with Crippen LogP contribution in [-0.4, -0.2) is 41.3 Å². The minimum atomic E-state index is 0.750. The van der Waals surface area contributed by atoms with Gasteiger partial charge in [0.1, 0.15) is 0 Å². The first kappa shape index (κ1) is 13.9. The maximum absolute atomic E-state index is 5.49. The van der Waals surface area contributed by atoms with E-state index in [0.717, 1.165) is 64.6 Å². The third-order valence-corrected chi connectivity index (χ3v) is 5.33. The second-order valence-electron chi connectivity index (χ2n) is 5.85. The van der Waals surface area contributed by atoms with Crippen LogP contribution in [0.5, 0.6) is 0 Å². The highest BCUT2D eigenvalue weighted by molar-refractivity contribution is 7.17. The van der Waals surface area contributed by atoms with Crippen molar-refractivity contribution in [1.29, 1.82) is 0 Å². The number of hydrogen-bond acceptors (Lipinski definition) is 5. The van der Waals surface area contributed by atoms with Gasteiger partial charge in [-0.25, -0.2) is 9.97 Å². The lowest BCUT2D eigenvalue weighted by Gasteiger charge is -2.28. The molecule has 6 heteroatoms. The number of ether oxygens (including phenoxy) is 1. The third-order valence-electron chi connectivity index (χ3n) is 4.43. The minimum absolute atomic E-state index is 0.750. The van der Waals surface area contributed by atoms with Crippen molar-refractivity contribution in [2.75, 3.05) is 31.2 Å². The van der Waals surface area contributed by atoms with Gasteiger partial charge in [-0.15, -0.1) is 11.3 Å². The van der Waals surface area contributed by atoms with Crippen LogP contribution in [0.2, 0.25) is 0 Å². The van der Waals surface area contributed by atoms with Crippen LogP contribution >= 0.6 is 11.3 Å². The zero-order valence-corrected chi connectivity index (χ0v) is 13.8. The Morgan fingerprint density at radius 1 is 1.08 bits per heavy atom. The smallest absolute Gasteiger partial charge is 0.162 e. The van der Waals surface area contributed by atoms with Gasteiger partial charge in [-0.05, 0) is 23.6 Å². The van der Waals surface area contributed by atoms with E-state index in [1.807, 2.05) is 12.3 Å². The summed E-state index contributed by atoms with van der Waals surface area (Å²) >= 11 is 1.70. The molecule has 1 N–H and O–H groups in total. The highest BCUT2D eigenvalue weighted by atomic mass is 32.1. The Bertz CT molecular complexity index is 1020. The molecule has 0 atom stereocenters. The van der Waals surface area contributed by atoms with Crippen molar-refractivity contribution in [1.82, 2.24) is 15.0 Å². The molecule has 24 heavy (non-hydrogen) atoms. The zero-order chi connectivity index (χ0) is 15.9. The maximum Gasteiger partial charge on any atom is 0.162 e. The number of rotatable bonds is 2. The van der Waals surface area contributed by atoms with E-state index in [2.05, 4.69) is 39.5 Å². The van der Waals surface area contributed by atoms with E-state index in [9.17, 15) is 0 Å². The molecule has 3 aromatic heterocycles. The number of morpholine rings is 1. The van der Waals surface area contributed by atoms with E-state index in [-0.39, 0.29) is 0 Å². The summed E-state index contributed by atoms with van der Waals surface area (Å²) in [5.74, 6) is 1.81. The molecule has 0 bridgehead atoms. The fourth-order valence-corrected chi connectivity index (χ4v) is 4.09. The molecule has 120 valence electrons.